The number of nitrogen functional groups attached to an aromatic ring is 1. The van der Waals surface area contributed by atoms with Gasteiger partial charge in [-0.3, -0.25) is 19.3 Å². The van der Waals surface area contributed by atoms with E-state index in [1.807, 2.05) is 19.9 Å². The molecule has 0 bridgehead atoms. The highest BCUT2D eigenvalue weighted by Crippen LogP contribution is 2.20. The maximum atomic E-state index is 12.4. The second-order valence-corrected chi connectivity index (χ2v) is 6.27. The molecule has 10 heteroatoms. The predicted octanol–water partition coefficient (Wildman–Crippen LogP) is 1.39. The lowest BCUT2D eigenvalue weighted by atomic mass is 10.3. The maximum absolute atomic E-state index is 12.4. The number of hydrogen-bond donors (Lipinski definition) is 2. The second kappa shape index (κ2) is 8.51. The number of H-pyrrole nitrogens is 1. The number of nitrogens with two attached hydrogens (primary N) is 1. The quantitative estimate of drug-likeness (QED) is 0.594. The van der Waals surface area contributed by atoms with Gasteiger partial charge in [0, 0.05) is 31.0 Å². The molecule has 0 aliphatic heterocycles. The molecule has 0 aromatic carbocycles. The van der Waals surface area contributed by atoms with Gasteiger partial charge in [-0.25, -0.2) is 4.79 Å². The minimum atomic E-state index is -0.538. The van der Waals surface area contributed by atoms with Gasteiger partial charge in [0.1, 0.15) is 11.5 Å². The van der Waals surface area contributed by atoms with Crippen LogP contribution in [0.1, 0.15) is 32.6 Å². The molecule has 0 fully saturated rings. The third-order valence-electron chi connectivity index (χ3n) is 4.36. The largest absolute Gasteiger partial charge is 0.383 e. The van der Waals surface area contributed by atoms with Gasteiger partial charge in [0.2, 0.25) is 11.7 Å². The minimum absolute atomic E-state index is 0.135. The van der Waals surface area contributed by atoms with Crippen molar-refractivity contribution >= 4 is 11.5 Å². The Balaban J connectivity index is 1.91. The molecule has 3 heterocycles. The first kappa shape index (κ1) is 19.3. The number of rotatable bonds is 8. The number of nitrogens with zero attached hydrogens (tertiary/aromatic N) is 5. The number of unbranched alkanes of at least 4 members (excludes halogenated alkanes) is 1. The predicted molar refractivity (Wildman–Crippen MR) is 105 cm³/mol. The summed E-state index contributed by atoms with van der Waals surface area (Å²) < 4.78 is 6.71. The van der Waals surface area contributed by atoms with E-state index >= 15 is 0 Å². The first-order valence-electron chi connectivity index (χ1n) is 9.15. The summed E-state index contributed by atoms with van der Waals surface area (Å²) in [6.45, 7) is 4.97. The van der Waals surface area contributed by atoms with Gasteiger partial charge in [0.05, 0.1) is 6.54 Å². The minimum Gasteiger partial charge on any atom is -0.383 e. The molecule has 0 saturated heterocycles. The van der Waals surface area contributed by atoms with E-state index < -0.39 is 11.2 Å². The number of nitrogens with one attached hydrogen (secondary N) is 1. The zero-order chi connectivity index (χ0) is 20.1. The van der Waals surface area contributed by atoms with Crippen LogP contribution in [-0.4, -0.2) is 31.2 Å². The summed E-state index contributed by atoms with van der Waals surface area (Å²) >= 11 is 0. The van der Waals surface area contributed by atoms with E-state index in [1.54, 1.807) is 23.4 Å². The van der Waals surface area contributed by atoms with Crippen molar-refractivity contribution in [2.45, 2.75) is 39.8 Å². The molecule has 3 aromatic heterocycles. The highest BCUT2D eigenvalue weighted by atomic mass is 16.5. The fraction of sp³-hybridized carbons (Fsp3) is 0.389. The van der Waals surface area contributed by atoms with E-state index in [9.17, 15) is 9.59 Å². The van der Waals surface area contributed by atoms with E-state index in [1.165, 1.54) is 4.57 Å². The molecule has 0 radical (unpaired) electrons. The average molecular weight is 385 g/mol. The van der Waals surface area contributed by atoms with E-state index in [0.717, 1.165) is 18.4 Å². The molecule has 28 heavy (non-hydrogen) atoms. The topological polar surface area (TPSA) is 136 Å². The van der Waals surface area contributed by atoms with Crippen molar-refractivity contribution in [1.82, 2.24) is 24.7 Å². The van der Waals surface area contributed by atoms with E-state index in [2.05, 4.69) is 20.1 Å². The summed E-state index contributed by atoms with van der Waals surface area (Å²) in [6.07, 6.45) is 4.97. The lowest BCUT2D eigenvalue weighted by molar-refractivity contribution is 0.377. The number of pyridine rings is 1. The molecule has 10 nitrogen and oxygen atoms in total. The van der Waals surface area contributed by atoms with Crippen molar-refractivity contribution in [3.8, 4) is 11.4 Å². The van der Waals surface area contributed by atoms with Gasteiger partial charge in [-0.2, -0.15) is 4.98 Å². The Hall–Kier alpha value is -3.43. The fourth-order valence-corrected chi connectivity index (χ4v) is 2.86. The Labute approximate surface area is 161 Å². The van der Waals surface area contributed by atoms with Crippen LogP contribution >= 0.6 is 0 Å². The van der Waals surface area contributed by atoms with Crippen molar-refractivity contribution in [1.29, 1.82) is 0 Å². The normalized spacial score (nSPS) is 10.9. The Morgan fingerprint density at radius 1 is 1.32 bits per heavy atom. The molecule has 0 amide bonds. The van der Waals surface area contributed by atoms with Crippen LogP contribution in [0, 0.1) is 0 Å². The van der Waals surface area contributed by atoms with Gasteiger partial charge in [-0.15, -0.1) is 0 Å². The van der Waals surface area contributed by atoms with Crippen molar-refractivity contribution in [2.75, 3.05) is 17.2 Å². The van der Waals surface area contributed by atoms with E-state index in [4.69, 9.17) is 10.3 Å². The molecular weight excluding hydrogens is 362 g/mol. The molecule has 0 aliphatic carbocycles. The number of anilines is 2. The van der Waals surface area contributed by atoms with Crippen molar-refractivity contribution in [3.63, 3.8) is 0 Å². The van der Waals surface area contributed by atoms with Gasteiger partial charge in [-0.05, 0) is 25.5 Å². The van der Waals surface area contributed by atoms with Crippen LogP contribution in [0.3, 0.4) is 0 Å². The molecular formula is C18H23N7O3. The first-order valence-corrected chi connectivity index (χ1v) is 9.15. The monoisotopic (exact) mass is 385 g/mol. The highest BCUT2D eigenvalue weighted by Gasteiger charge is 2.20. The lowest BCUT2D eigenvalue weighted by Crippen LogP contribution is -2.38. The van der Waals surface area contributed by atoms with Gasteiger partial charge in [0.15, 0.2) is 0 Å². The molecule has 3 rings (SSSR count). The van der Waals surface area contributed by atoms with Crippen LogP contribution in [-0.2, 0) is 13.1 Å². The smallest absolute Gasteiger partial charge is 0.330 e. The molecule has 0 unspecified atom stereocenters. The average Bonchev–Trinajstić information content (AvgIpc) is 3.16. The van der Waals surface area contributed by atoms with Crippen LogP contribution in [0.25, 0.3) is 11.4 Å². The zero-order valence-electron chi connectivity index (χ0n) is 15.9. The molecule has 0 atom stereocenters. The molecule has 0 spiro atoms. The third-order valence-corrected chi connectivity index (χ3v) is 4.36. The summed E-state index contributed by atoms with van der Waals surface area (Å²) in [6, 6.07) is 3.61. The van der Waals surface area contributed by atoms with Gasteiger partial charge >= 0.3 is 5.69 Å². The zero-order valence-corrected chi connectivity index (χ0v) is 15.9. The Bertz CT molecular complexity index is 1040. The van der Waals surface area contributed by atoms with E-state index in [0.29, 0.717) is 24.8 Å². The van der Waals surface area contributed by atoms with Gasteiger partial charge in [0.25, 0.3) is 5.56 Å². The standard InChI is InChI=1S/C18H23N7O3/c1-3-5-9-25-15(19)14(17(26)22-18(25)27)24(4-2)11-13-21-16(23-28-13)12-7-6-8-20-10-12/h6-8,10H,3-5,9,11,19H2,1-2H3,(H,22,26,27). The Kier molecular flexibility index (Phi) is 5.87. The van der Waals surface area contributed by atoms with Crippen LogP contribution in [0.15, 0.2) is 38.6 Å². The summed E-state index contributed by atoms with van der Waals surface area (Å²) in [5.41, 5.74) is 6.08. The molecule has 3 aromatic rings. The van der Waals surface area contributed by atoms with Crippen molar-refractivity contribution < 1.29 is 4.52 Å². The molecule has 0 aliphatic rings. The first-order chi connectivity index (χ1) is 13.5. The highest BCUT2D eigenvalue weighted by molar-refractivity contribution is 5.62. The number of aromatic nitrogens is 5. The van der Waals surface area contributed by atoms with Crippen LogP contribution in [0.4, 0.5) is 11.5 Å². The Morgan fingerprint density at radius 2 is 2.14 bits per heavy atom. The summed E-state index contributed by atoms with van der Waals surface area (Å²) in [5, 5.41) is 3.96. The Morgan fingerprint density at radius 3 is 2.82 bits per heavy atom. The van der Waals surface area contributed by atoms with E-state index in [-0.39, 0.29) is 18.1 Å². The summed E-state index contributed by atoms with van der Waals surface area (Å²) in [5.74, 6) is 0.871. The maximum Gasteiger partial charge on any atom is 0.330 e. The fourth-order valence-electron chi connectivity index (χ4n) is 2.86. The summed E-state index contributed by atoms with van der Waals surface area (Å²) in [4.78, 5) is 37.0. The van der Waals surface area contributed by atoms with Gasteiger partial charge < -0.3 is 15.2 Å². The van der Waals surface area contributed by atoms with Crippen molar-refractivity contribution in [3.05, 3.63) is 51.3 Å². The summed E-state index contributed by atoms with van der Waals surface area (Å²) in [7, 11) is 0. The number of hydrogen-bond acceptors (Lipinski definition) is 8. The molecule has 148 valence electrons. The van der Waals surface area contributed by atoms with Crippen LogP contribution < -0.4 is 21.9 Å². The van der Waals surface area contributed by atoms with Gasteiger partial charge in [-0.1, -0.05) is 18.5 Å². The molecule has 3 N–H and O–H groups in total. The second-order valence-electron chi connectivity index (χ2n) is 6.27. The third kappa shape index (κ3) is 3.95. The van der Waals surface area contributed by atoms with Crippen LogP contribution in [0.5, 0.6) is 0 Å². The van der Waals surface area contributed by atoms with Crippen molar-refractivity contribution in [2.24, 2.45) is 0 Å². The molecule has 0 saturated carbocycles. The lowest BCUT2D eigenvalue weighted by Gasteiger charge is -2.23. The van der Waals surface area contributed by atoms with Crippen LogP contribution in [0.2, 0.25) is 0 Å². The number of aromatic amines is 1. The SMILES string of the molecule is CCCCn1c(N)c(N(CC)Cc2nc(-c3cccnc3)no2)c(=O)[nH]c1=O.